The van der Waals surface area contributed by atoms with Crippen LogP contribution in [0, 0.1) is 19.8 Å². The van der Waals surface area contributed by atoms with Crippen molar-refractivity contribution in [1.29, 1.82) is 0 Å². The average Bonchev–Trinajstić information content (AvgIpc) is 3.38. The number of pyridine rings is 1. The minimum atomic E-state index is -0.0290. The highest BCUT2D eigenvalue weighted by Gasteiger charge is 2.27. The summed E-state index contributed by atoms with van der Waals surface area (Å²) in [6.45, 7) is 7.62. The number of aromatic amines is 1. The van der Waals surface area contributed by atoms with Crippen molar-refractivity contribution < 1.29 is 4.74 Å². The summed E-state index contributed by atoms with van der Waals surface area (Å²) in [5, 5.41) is 1.74. The van der Waals surface area contributed by atoms with Crippen LogP contribution in [0.3, 0.4) is 0 Å². The molecule has 1 N–H and O–H groups in total. The van der Waals surface area contributed by atoms with E-state index in [0.29, 0.717) is 6.10 Å². The highest BCUT2D eigenvalue weighted by atomic mass is 16.5. The molecule has 1 saturated heterocycles. The molecular formula is C20H26N2O2. The smallest absolute Gasteiger partial charge is 0.255 e. The maximum absolute atomic E-state index is 12.0. The van der Waals surface area contributed by atoms with Gasteiger partial charge in [-0.05, 0) is 74.1 Å². The zero-order chi connectivity index (χ0) is 16.7. The number of H-pyrrole nitrogens is 1. The average molecular weight is 326 g/mol. The van der Waals surface area contributed by atoms with E-state index in [0.717, 1.165) is 59.5 Å². The molecule has 2 aliphatic rings. The first-order valence-corrected chi connectivity index (χ1v) is 9.12. The van der Waals surface area contributed by atoms with Crippen LogP contribution in [0.5, 0.6) is 5.75 Å². The molecule has 0 atom stereocenters. The molecule has 0 amide bonds. The first kappa shape index (κ1) is 15.7. The number of ether oxygens (including phenoxy) is 1. The van der Waals surface area contributed by atoms with E-state index in [4.69, 9.17) is 4.74 Å². The van der Waals surface area contributed by atoms with Gasteiger partial charge < -0.3 is 14.6 Å². The summed E-state index contributed by atoms with van der Waals surface area (Å²) in [5.74, 6) is 1.89. The molecule has 0 unspecified atom stereocenters. The Morgan fingerprint density at radius 1 is 1.08 bits per heavy atom. The number of hydrogen-bond donors (Lipinski definition) is 1. The van der Waals surface area contributed by atoms with Gasteiger partial charge in [-0.15, -0.1) is 0 Å². The SMILES string of the molecule is Cc1cc2c(=O)[nH]cc(C)c2cc1OC1CCN(CC2CC2)CC1. The zero-order valence-corrected chi connectivity index (χ0v) is 14.6. The van der Waals surface area contributed by atoms with E-state index in [1.165, 1.54) is 19.4 Å². The summed E-state index contributed by atoms with van der Waals surface area (Å²) < 4.78 is 6.32. The lowest BCUT2D eigenvalue weighted by atomic mass is 10.0. The topological polar surface area (TPSA) is 45.3 Å². The van der Waals surface area contributed by atoms with Crippen molar-refractivity contribution in [3.63, 3.8) is 0 Å². The first-order chi connectivity index (χ1) is 11.6. The molecule has 128 valence electrons. The van der Waals surface area contributed by atoms with Crippen LogP contribution in [0.25, 0.3) is 10.8 Å². The fourth-order valence-electron chi connectivity index (χ4n) is 3.71. The van der Waals surface area contributed by atoms with Crippen LogP contribution < -0.4 is 10.3 Å². The molecule has 2 aromatic rings. The third-order valence-corrected chi connectivity index (χ3v) is 5.45. The predicted octanol–water partition coefficient (Wildman–Crippen LogP) is 3.40. The van der Waals surface area contributed by atoms with E-state index >= 15 is 0 Å². The number of aromatic nitrogens is 1. The van der Waals surface area contributed by atoms with E-state index in [9.17, 15) is 4.79 Å². The molecule has 1 aromatic carbocycles. The number of nitrogens with one attached hydrogen (secondary N) is 1. The fraction of sp³-hybridized carbons (Fsp3) is 0.550. The molecule has 1 aliphatic heterocycles. The van der Waals surface area contributed by atoms with Crippen LogP contribution in [-0.2, 0) is 0 Å². The van der Waals surface area contributed by atoms with Crippen molar-refractivity contribution in [2.24, 2.45) is 5.92 Å². The van der Waals surface area contributed by atoms with E-state index in [-0.39, 0.29) is 5.56 Å². The number of hydrogen-bond acceptors (Lipinski definition) is 3. The summed E-state index contributed by atoms with van der Waals surface area (Å²) in [6, 6.07) is 4.00. The minimum absolute atomic E-state index is 0.0290. The highest BCUT2D eigenvalue weighted by molar-refractivity contribution is 5.86. The number of aryl methyl sites for hydroxylation is 2. The van der Waals surface area contributed by atoms with Gasteiger partial charge in [0.1, 0.15) is 11.9 Å². The van der Waals surface area contributed by atoms with Crippen molar-refractivity contribution in [3.05, 3.63) is 39.8 Å². The summed E-state index contributed by atoms with van der Waals surface area (Å²) in [6.07, 6.45) is 7.10. The minimum Gasteiger partial charge on any atom is -0.490 e. The molecule has 1 saturated carbocycles. The van der Waals surface area contributed by atoms with Crippen molar-refractivity contribution in [2.45, 2.75) is 45.6 Å². The quantitative estimate of drug-likeness (QED) is 0.936. The summed E-state index contributed by atoms with van der Waals surface area (Å²) in [5.41, 5.74) is 2.09. The van der Waals surface area contributed by atoms with Gasteiger partial charge in [-0.2, -0.15) is 0 Å². The molecule has 24 heavy (non-hydrogen) atoms. The van der Waals surface area contributed by atoms with Gasteiger partial charge in [0.15, 0.2) is 0 Å². The summed E-state index contributed by atoms with van der Waals surface area (Å²) >= 11 is 0. The number of fused-ring (bicyclic) bond motifs is 1. The van der Waals surface area contributed by atoms with Crippen LogP contribution in [0.4, 0.5) is 0 Å². The Kier molecular flexibility index (Phi) is 4.09. The van der Waals surface area contributed by atoms with Crippen LogP contribution >= 0.6 is 0 Å². The molecule has 0 radical (unpaired) electrons. The highest BCUT2D eigenvalue weighted by Crippen LogP contribution is 2.32. The standard InChI is InChI=1S/C20H26N2O2/c1-13-9-18-17(14(2)11-21-20(18)23)10-19(13)24-16-5-7-22(8-6-16)12-15-3-4-15/h9-11,15-16H,3-8,12H2,1-2H3,(H,21,23). The monoisotopic (exact) mass is 326 g/mol. The number of benzene rings is 1. The maximum Gasteiger partial charge on any atom is 0.255 e. The second kappa shape index (κ2) is 6.25. The third kappa shape index (κ3) is 3.20. The molecule has 4 nitrogen and oxygen atoms in total. The lowest BCUT2D eigenvalue weighted by molar-refractivity contribution is 0.0976. The Bertz CT molecular complexity index is 799. The lowest BCUT2D eigenvalue weighted by Gasteiger charge is -2.32. The second-order valence-corrected chi connectivity index (χ2v) is 7.53. The van der Waals surface area contributed by atoms with Crippen LogP contribution in [0.15, 0.2) is 23.1 Å². The number of rotatable bonds is 4. The van der Waals surface area contributed by atoms with Gasteiger partial charge in [0.2, 0.25) is 0 Å². The van der Waals surface area contributed by atoms with Crippen molar-refractivity contribution >= 4 is 10.8 Å². The van der Waals surface area contributed by atoms with Gasteiger partial charge in [0.05, 0.1) is 0 Å². The summed E-state index contributed by atoms with van der Waals surface area (Å²) in [4.78, 5) is 17.4. The lowest BCUT2D eigenvalue weighted by Crippen LogP contribution is -2.39. The van der Waals surface area contributed by atoms with Crippen LogP contribution in [0.1, 0.15) is 36.8 Å². The van der Waals surface area contributed by atoms with Crippen LogP contribution in [0.2, 0.25) is 0 Å². The van der Waals surface area contributed by atoms with Gasteiger partial charge in [-0.25, -0.2) is 0 Å². The second-order valence-electron chi connectivity index (χ2n) is 7.53. The van der Waals surface area contributed by atoms with Gasteiger partial charge in [0, 0.05) is 31.2 Å². The van der Waals surface area contributed by atoms with E-state index in [2.05, 4.69) is 9.88 Å². The Labute approximate surface area is 142 Å². The van der Waals surface area contributed by atoms with E-state index in [1.54, 1.807) is 6.20 Å². The molecular weight excluding hydrogens is 300 g/mol. The number of nitrogens with zero attached hydrogens (tertiary/aromatic N) is 1. The Balaban J connectivity index is 1.49. The number of likely N-dealkylation sites (tertiary alicyclic amines) is 1. The Hall–Kier alpha value is -1.81. The molecule has 4 heteroatoms. The molecule has 0 bridgehead atoms. The summed E-state index contributed by atoms with van der Waals surface area (Å²) in [7, 11) is 0. The van der Waals surface area contributed by atoms with Crippen molar-refractivity contribution in [2.75, 3.05) is 19.6 Å². The van der Waals surface area contributed by atoms with Crippen molar-refractivity contribution in [1.82, 2.24) is 9.88 Å². The number of piperidine rings is 1. The molecule has 2 heterocycles. The molecule has 2 fully saturated rings. The van der Waals surface area contributed by atoms with Gasteiger partial charge in [-0.3, -0.25) is 4.79 Å². The maximum atomic E-state index is 12.0. The normalized spacial score (nSPS) is 19.8. The molecule has 4 rings (SSSR count). The van der Waals surface area contributed by atoms with Gasteiger partial charge >= 0.3 is 0 Å². The largest absolute Gasteiger partial charge is 0.490 e. The fourth-order valence-corrected chi connectivity index (χ4v) is 3.71. The van der Waals surface area contributed by atoms with E-state index in [1.807, 2.05) is 26.0 Å². The van der Waals surface area contributed by atoms with Gasteiger partial charge in [0.25, 0.3) is 5.56 Å². The third-order valence-electron chi connectivity index (χ3n) is 5.45. The predicted molar refractivity (Wildman–Crippen MR) is 96.9 cm³/mol. The molecule has 1 aromatic heterocycles. The Morgan fingerprint density at radius 3 is 2.54 bits per heavy atom. The van der Waals surface area contributed by atoms with E-state index < -0.39 is 0 Å². The Morgan fingerprint density at radius 2 is 1.83 bits per heavy atom. The van der Waals surface area contributed by atoms with Crippen molar-refractivity contribution in [3.8, 4) is 5.75 Å². The van der Waals surface area contributed by atoms with Gasteiger partial charge in [-0.1, -0.05) is 0 Å². The molecule has 1 aliphatic carbocycles. The first-order valence-electron chi connectivity index (χ1n) is 9.12. The van der Waals surface area contributed by atoms with Crippen LogP contribution in [-0.4, -0.2) is 35.6 Å². The molecule has 0 spiro atoms. The zero-order valence-electron chi connectivity index (χ0n) is 14.6.